The maximum atomic E-state index is 12.1. The smallest absolute Gasteiger partial charge is 0.230 e. The number of hydrogen-bond acceptors (Lipinski definition) is 2. The van der Waals surface area contributed by atoms with Crippen LogP contribution in [0.2, 0.25) is 0 Å². The van der Waals surface area contributed by atoms with Gasteiger partial charge in [-0.15, -0.1) is 0 Å². The van der Waals surface area contributed by atoms with Crippen LogP contribution in [0.1, 0.15) is 53.9 Å². The molecule has 0 aliphatic carbocycles. The van der Waals surface area contributed by atoms with Gasteiger partial charge in [-0.1, -0.05) is 52.8 Å². The predicted molar refractivity (Wildman–Crippen MR) is 81.4 cm³/mol. The van der Waals surface area contributed by atoms with Crippen LogP contribution in [0.25, 0.3) is 0 Å². The Morgan fingerprint density at radius 3 is 2.11 bits per heavy atom. The van der Waals surface area contributed by atoms with Gasteiger partial charge in [0.25, 0.3) is 0 Å². The summed E-state index contributed by atoms with van der Waals surface area (Å²) in [5, 5.41) is 3.01. The first-order valence-electron chi connectivity index (χ1n) is 6.85. The van der Waals surface area contributed by atoms with E-state index in [4.69, 9.17) is 18.0 Å². The molecule has 0 rings (SSSR count). The van der Waals surface area contributed by atoms with Crippen molar-refractivity contribution in [3.8, 4) is 0 Å². The molecule has 1 amide bonds. The van der Waals surface area contributed by atoms with Crippen LogP contribution in [0.4, 0.5) is 0 Å². The molecule has 0 aliphatic rings. The third-order valence-corrected chi connectivity index (χ3v) is 3.32. The summed E-state index contributed by atoms with van der Waals surface area (Å²) in [5.41, 5.74) is 5.62. The summed E-state index contributed by atoms with van der Waals surface area (Å²) >= 11 is 4.96. The van der Waals surface area contributed by atoms with Gasteiger partial charge in [0.2, 0.25) is 5.91 Å². The molecule has 2 unspecified atom stereocenters. The lowest BCUT2D eigenvalue weighted by molar-refractivity contribution is -0.124. The minimum absolute atomic E-state index is 0.0328. The van der Waals surface area contributed by atoms with Gasteiger partial charge >= 0.3 is 0 Å². The standard InChI is InChI=1S/C14H28N2OS/c1-9(2)7-6-8-11(5)16-14(17)12(10(3)4)13(15)18/h9-12H,6-8H2,1-5H3,(H2,15,18)(H,16,17). The van der Waals surface area contributed by atoms with Crippen molar-refractivity contribution >= 4 is 23.1 Å². The van der Waals surface area contributed by atoms with E-state index in [1.165, 1.54) is 6.42 Å². The second-order valence-electron chi connectivity index (χ2n) is 5.86. The summed E-state index contributed by atoms with van der Waals surface area (Å²) in [5.74, 6) is 0.473. The van der Waals surface area contributed by atoms with Crippen molar-refractivity contribution in [1.29, 1.82) is 0 Å². The largest absolute Gasteiger partial charge is 0.393 e. The van der Waals surface area contributed by atoms with Crippen LogP contribution in [-0.4, -0.2) is 16.9 Å². The predicted octanol–water partition coefficient (Wildman–Crippen LogP) is 2.88. The number of carbonyl (C=O) groups excluding carboxylic acids is 1. The van der Waals surface area contributed by atoms with E-state index in [9.17, 15) is 4.79 Å². The zero-order valence-electron chi connectivity index (χ0n) is 12.3. The van der Waals surface area contributed by atoms with Crippen molar-refractivity contribution in [3.05, 3.63) is 0 Å². The third-order valence-electron chi connectivity index (χ3n) is 3.06. The van der Waals surface area contributed by atoms with E-state index in [1.807, 2.05) is 20.8 Å². The monoisotopic (exact) mass is 272 g/mol. The molecule has 0 aromatic rings. The van der Waals surface area contributed by atoms with Crippen molar-refractivity contribution in [2.75, 3.05) is 0 Å². The molecule has 0 aromatic heterocycles. The van der Waals surface area contributed by atoms with Gasteiger partial charge in [0.05, 0.1) is 10.9 Å². The highest BCUT2D eigenvalue weighted by Gasteiger charge is 2.25. The number of rotatable bonds is 8. The van der Waals surface area contributed by atoms with E-state index in [-0.39, 0.29) is 28.8 Å². The van der Waals surface area contributed by atoms with Crippen LogP contribution < -0.4 is 11.1 Å². The first-order valence-corrected chi connectivity index (χ1v) is 7.26. The van der Waals surface area contributed by atoms with E-state index >= 15 is 0 Å². The summed E-state index contributed by atoms with van der Waals surface area (Å²) in [6, 6.07) is 0.187. The Balaban J connectivity index is 4.16. The van der Waals surface area contributed by atoms with Gasteiger partial charge in [-0.3, -0.25) is 4.79 Å². The van der Waals surface area contributed by atoms with Crippen molar-refractivity contribution in [1.82, 2.24) is 5.32 Å². The SMILES string of the molecule is CC(C)CCCC(C)NC(=O)C(C(N)=S)C(C)C. The third kappa shape index (κ3) is 6.94. The van der Waals surface area contributed by atoms with E-state index in [0.29, 0.717) is 5.92 Å². The van der Waals surface area contributed by atoms with Crippen LogP contribution in [0, 0.1) is 17.8 Å². The fourth-order valence-corrected chi connectivity index (χ4v) is 2.38. The van der Waals surface area contributed by atoms with Gasteiger partial charge in [0, 0.05) is 6.04 Å². The minimum Gasteiger partial charge on any atom is -0.393 e. The first kappa shape index (κ1) is 17.4. The lowest BCUT2D eigenvalue weighted by Gasteiger charge is -2.22. The molecular weight excluding hydrogens is 244 g/mol. The second kappa shape index (κ2) is 8.46. The zero-order valence-corrected chi connectivity index (χ0v) is 13.1. The average molecular weight is 272 g/mol. The molecule has 3 nitrogen and oxygen atoms in total. The first-order chi connectivity index (χ1) is 8.25. The van der Waals surface area contributed by atoms with E-state index in [0.717, 1.165) is 12.8 Å². The Hall–Kier alpha value is -0.640. The topological polar surface area (TPSA) is 55.1 Å². The molecule has 3 N–H and O–H groups in total. The Morgan fingerprint density at radius 2 is 1.72 bits per heavy atom. The van der Waals surface area contributed by atoms with E-state index in [1.54, 1.807) is 0 Å². The molecule has 0 radical (unpaired) electrons. The number of hydrogen-bond donors (Lipinski definition) is 2. The van der Waals surface area contributed by atoms with Gasteiger partial charge in [-0.2, -0.15) is 0 Å². The number of amides is 1. The molecule has 2 atom stereocenters. The molecule has 106 valence electrons. The van der Waals surface area contributed by atoms with Crippen molar-refractivity contribution in [3.63, 3.8) is 0 Å². The Bertz CT molecular complexity index is 277. The van der Waals surface area contributed by atoms with Crippen molar-refractivity contribution in [2.24, 2.45) is 23.5 Å². The molecule has 0 saturated carbocycles. The summed E-state index contributed by atoms with van der Waals surface area (Å²) in [4.78, 5) is 12.3. The van der Waals surface area contributed by atoms with Gasteiger partial charge in [0.15, 0.2) is 0 Å². The van der Waals surface area contributed by atoms with Gasteiger partial charge < -0.3 is 11.1 Å². The van der Waals surface area contributed by atoms with E-state index in [2.05, 4.69) is 19.2 Å². The molecule has 0 fully saturated rings. The molecule has 0 heterocycles. The molecule has 0 aliphatic heterocycles. The maximum absolute atomic E-state index is 12.1. The Morgan fingerprint density at radius 1 is 1.17 bits per heavy atom. The molecule has 18 heavy (non-hydrogen) atoms. The molecule has 0 aromatic carbocycles. The average Bonchev–Trinajstić information content (AvgIpc) is 2.14. The van der Waals surface area contributed by atoms with Crippen LogP contribution in [-0.2, 0) is 4.79 Å². The summed E-state index contributed by atoms with van der Waals surface area (Å²) in [6.07, 6.45) is 3.34. The Kier molecular flexibility index (Phi) is 8.16. The quantitative estimate of drug-likeness (QED) is 0.668. The lowest BCUT2D eigenvalue weighted by atomic mass is 9.94. The normalized spacial score (nSPS) is 14.6. The second-order valence-corrected chi connectivity index (χ2v) is 6.33. The highest BCUT2D eigenvalue weighted by molar-refractivity contribution is 7.80. The number of nitrogens with two attached hydrogens (primary N) is 1. The molecular formula is C14H28N2OS. The molecule has 0 saturated heterocycles. The lowest BCUT2D eigenvalue weighted by Crippen LogP contribution is -2.44. The van der Waals surface area contributed by atoms with E-state index < -0.39 is 0 Å². The summed E-state index contributed by atoms with van der Waals surface area (Å²) in [7, 11) is 0. The number of nitrogens with one attached hydrogen (secondary N) is 1. The Labute approximate surface area is 117 Å². The summed E-state index contributed by atoms with van der Waals surface area (Å²) < 4.78 is 0. The minimum atomic E-state index is -0.354. The van der Waals surface area contributed by atoms with Crippen LogP contribution in [0.3, 0.4) is 0 Å². The fraction of sp³-hybridized carbons (Fsp3) is 0.857. The van der Waals surface area contributed by atoms with Gasteiger partial charge in [-0.05, 0) is 25.2 Å². The number of thiocarbonyl (C=S) groups is 1. The highest BCUT2D eigenvalue weighted by atomic mass is 32.1. The van der Waals surface area contributed by atoms with Crippen LogP contribution in [0.15, 0.2) is 0 Å². The van der Waals surface area contributed by atoms with Gasteiger partial charge in [-0.25, -0.2) is 0 Å². The zero-order chi connectivity index (χ0) is 14.3. The van der Waals surface area contributed by atoms with Crippen LogP contribution >= 0.6 is 12.2 Å². The number of carbonyl (C=O) groups is 1. The van der Waals surface area contributed by atoms with Crippen LogP contribution in [0.5, 0.6) is 0 Å². The molecule has 0 spiro atoms. The fourth-order valence-electron chi connectivity index (χ4n) is 2.00. The van der Waals surface area contributed by atoms with Crippen molar-refractivity contribution < 1.29 is 4.79 Å². The molecule has 4 heteroatoms. The van der Waals surface area contributed by atoms with Crippen molar-refractivity contribution in [2.45, 2.75) is 59.9 Å². The van der Waals surface area contributed by atoms with Gasteiger partial charge in [0.1, 0.15) is 0 Å². The highest BCUT2D eigenvalue weighted by Crippen LogP contribution is 2.13. The summed E-state index contributed by atoms with van der Waals surface area (Å²) in [6.45, 7) is 10.4. The maximum Gasteiger partial charge on any atom is 0.230 e. The molecule has 0 bridgehead atoms.